The highest BCUT2D eigenvalue weighted by molar-refractivity contribution is 5.89. The number of primary amides is 1. The average molecular weight is 391 g/mol. The van der Waals surface area contributed by atoms with Crippen molar-refractivity contribution in [3.8, 4) is 11.5 Å². The Morgan fingerprint density at radius 2 is 1.41 bits per heavy atom. The van der Waals surface area contributed by atoms with Crippen LogP contribution in [0.3, 0.4) is 0 Å². The molecular weight excluding hydrogens is 370 g/mol. The molecule has 0 radical (unpaired) electrons. The molecule has 0 fully saturated rings. The zero-order valence-electron chi connectivity index (χ0n) is 15.7. The molecule has 0 spiro atoms. The van der Waals surface area contributed by atoms with Crippen molar-refractivity contribution in [2.24, 2.45) is 5.73 Å². The number of carbonyl (C=O) groups excluding carboxylic acids is 2. The molecule has 1 amide bonds. The van der Waals surface area contributed by atoms with Crippen LogP contribution in [0.4, 0.5) is 0 Å². The van der Waals surface area contributed by atoms with E-state index < -0.39 is 11.9 Å². The van der Waals surface area contributed by atoms with Gasteiger partial charge in [-0.05, 0) is 41.5 Å². The maximum atomic E-state index is 12.4. The standard InChI is InChI=1S/C23H21NO5/c24-22(25)16-28-20-10-4-8-18(12-20)15-29-23(26)19-9-5-11-21(13-19)27-14-17-6-2-1-3-7-17/h1-13H,14-16H2,(H2,24,25). The van der Waals surface area contributed by atoms with E-state index in [1.54, 1.807) is 48.5 Å². The smallest absolute Gasteiger partial charge is 0.338 e. The number of ether oxygens (including phenoxy) is 3. The summed E-state index contributed by atoms with van der Waals surface area (Å²) in [6.45, 7) is 0.276. The summed E-state index contributed by atoms with van der Waals surface area (Å²) < 4.78 is 16.4. The van der Waals surface area contributed by atoms with Crippen molar-refractivity contribution < 1.29 is 23.8 Å². The highest BCUT2D eigenvalue weighted by Gasteiger charge is 2.09. The van der Waals surface area contributed by atoms with E-state index in [1.165, 1.54) is 0 Å². The largest absolute Gasteiger partial charge is 0.489 e. The third-order valence-corrected chi connectivity index (χ3v) is 3.97. The molecule has 3 aromatic rings. The highest BCUT2D eigenvalue weighted by atomic mass is 16.5. The summed E-state index contributed by atoms with van der Waals surface area (Å²) >= 11 is 0. The SMILES string of the molecule is NC(=O)COc1cccc(COC(=O)c2cccc(OCc3ccccc3)c2)c1. The molecular formula is C23H21NO5. The van der Waals surface area contributed by atoms with E-state index in [-0.39, 0.29) is 13.2 Å². The maximum absolute atomic E-state index is 12.4. The zero-order valence-corrected chi connectivity index (χ0v) is 15.7. The fourth-order valence-corrected chi connectivity index (χ4v) is 2.57. The fraction of sp³-hybridized carbons (Fsp3) is 0.130. The molecule has 6 nitrogen and oxygen atoms in total. The van der Waals surface area contributed by atoms with Crippen molar-refractivity contribution in [2.75, 3.05) is 6.61 Å². The maximum Gasteiger partial charge on any atom is 0.338 e. The van der Waals surface area contributed by atoms with Crippen molar-refractivity contribution in [2.45, 2.75) is 13.2 Å². The Hall–Kier alpha value is -3.80. The van der Waals surface area contributed by atoms with Crippen LogP contribution in [0.15, 0.2) is 78.9 Å². The zero-order chi connectivity index (χ0) is 20.5. The minimum Gasteiger partial charge on any atom is -0.489 e. The molecule has 0 aliphatic carbocycles. The number of rotatable bonds is 9. The van der Waals surface area contributed by atoms with Crippen LogP contribution in [0.1, 0.15) is 21.5 Å². The number of nitrogens with two attached hydrogens (primary N) is 1. The van der Waals surface area contributed by atoms with Crippen LogP contribution >= 0.6 is 0 Å². The van der Waals surface area contributed by atoms with Crippen LogP contribution in [-0.4, -0.2) is 18.5 Å². The predicted molar refractivity (Wildman–Crippen MR) is 107 cm³/mol. The summed E-state index contributed by atoms with van der Waals surface area (Å²) in [5, 5.41) is 0. The molecule has 3 aromatic carbocycles. The van der Waals surface area contributed by atoms with Gasteiger partial charge < -0.3 is 19.9 Å². The lowest BCUT2D eigenvalue weighted by Gasteiger charge is -2.09. The fourth-order valence-electron chi connectivity index (χ4n) is 2.57. The number of carbonyl (C=O) groups is 2. The Morgan fingerprint density at radius 1 is 0.724 bits per heavy atom. The molecule has 0 aliphatic heterocycles. The molecule has 29 heavy (non-hydrogen) atoms. The lowest BCUT2D eigenvalue weighted by Crippen LogP contribution is -2.20. The molecule has 0 atom stereocenters. The average Bonchev–Trinajstić information content (AvgIpc) is 2.76. The van der Waals surface area contributed by atoms with E-state index in [2.05, 4.69) is 0 Å². The molecule has 3 rings (SSSR count). The molecule has 0 aromatic heterocycles. The molecule has 2 N–H and O–H groups in total. The third kappa shape index (κ3) is 6.39. The number of amides is 1. The van der Waals surface area contributed by atoms with Gasteiger partial charge in [0.2, 0.25) is 0 Å². The Kier molecular flexibility index (Phi) is 6.84. The summed E-state index contributed by atoms with van der Waals surface area (Å²) in [5.74, 6) is 0.0497. The van der Waals surface area contributed by atoms with Crippen molar-refractivity contribution >= 4 is 11.9 Å². The lowest BCUT2D eigenvalue weighted by molar-refractivity contribution is -0.119. The van der Waals surface area contributed by atoms with Gasteiger partial charge in [0, 0.05) is 0 Å². The number of benzene rings is 3. The van der Waals surface area contributed by atoms with Crippen LogP contribution in [0, 0.1) is 0 Å². The molecule has 6 heteroatoms. The second-order valence-electron chi connectivity index (χ2n) is 6.28. The van der Waals surface area contributed by atoms with Crippen LogP contribution in [-0.2, 0) is 22.7 Å². The second-order valence-corrected chi connectivity index (χ2v) is 6.28. The van der Waals surface area contributed by atoms with E-state index >= 15 is 0 Å². The Morgan fingerprint density at radius 3 is 2.17 bits per heavy atom. The minimum absolute atomic E-state index is 0.0711. The number of hydrogen-bond donors (Lipinski definition) is 1. The van der Waals surface area contributed by atoms with E-state index in [9.17, 15) is 9.59 Å². The van der Waals surface area contributed by atoms with Crippen LogP contribution in [0.25, 0.3) is 0 Å². The molecule has 0 unspecified atom stereocenters. The first kappa shape index (κ1) is 19.9. The first-order chi connectivity index (χ1) is 14.1. The Balaban J connectivity index is 1.55. The van der Waals surface area contributed by atoms with Crippen molar-refractivity contribution in [3.05, 3.63) is 95.6 Å². The van der Waals surface area contributed by atoms with E-state index in [0.717, 1.165) is 11.1 Å². The monoisotopic (exact) mass is 391 g/mol. The van der Waals surface area contributed by atoms with Crippen molar-refractivity contribution in [1.82, 2.24) is 0 Å². The molecule has 0 aliphatic rings. The van der Waals surface area contributed by atoms with Gasteiger partial charge in [-0.25, -0.2) is 4.79 Å². The quantitative estimate of drug-likeness (QED) is 0.564. The van der Waals surface area contributed by atoms with Gasteiger partial charge in [0.1, 0.15) is 24.7 Å². The van der Waals surface area contributed by atoms with Gasteiger partial charge >= 0.3 is 5.97 Å². The van der Waals surface area contributed by atoms with Gasteiger partial charge in [0.15, 0.2) is 6.61 Å². The van der Waals surface area contributed by atoms with Crippen molar-refractivity contribution in [3.63, 3.8) is 0 Å². The van der Waals surface area contributed by atoms with Gasteiger partial charge in [-0.1, -0.05) is 48.5 Å². The summed E-state index contributed by atoms with van der Waals surface area (Å²) in [4.78, 5) is 23.2. The summed E-state index contributed by atoms with van der Waals surface area (Å²) in [6.07, 6.45) is 0. The first-order valence-electron chi connectivity index (χ1n) is 9.04. The van der Waals surface area contributed by atoms with Gasteiger partial charge in [0.25, 0.3) is 5.91 Å². The van der Waals surface area contributed by atoms with Crippen LogP contribution in [0.2, 0.25) is 0 Å². The number of esters is 1. The summed E-state index contributed by atoms with van der Waals surface area (Å²) in [6, 6.07) is 23.6. The molecule has 148 valence electrons. The summed E-state index contributed by atoms with van der Waals surface area (Å²) in [7, 11) is 0. The van der Waals surface area contributed by atoms with E-state index in [0.29, 0.717) is 23.7 Å². The van der Waals surface area contributed by atoms with Gasteiger partial charge in [-0.3, -0.25) is 4.79 Å². The number of hydrogen-bond acceptors (Lipinski definition) is 5. The van der Waals surface area contributed by atoms with E-state index in [4.69, 9.17) is 19.9 Å². The van der Waals surface area contributed by atoms with Crippen LogP contribution in [0.5, 0.6) is 11.5 Å². The third-order valence-electron chi connectivity index (χ3n) is 3.97. The highest BCUT2D eigenvalue weighted by Crippen LogP contribution is 2.18. The Labute approximate surface area is 168 Å². The normalized spacial score (nSPS) is 10.2. The first-order valence-corrected chi connectivity index (χ1v) is 9.04. The van der Waals surface area contributed by atoms with Crippen LogP contribution < -0.4 is 15.2 Å². The molecule has 0 saturated carbocycles. The molecule has 0 saturated heterocycles. The summed E-state index contributed by atoms with van der Waals surface area (Å²) in [5.41, 5.74) is 7.24. The van der Waals surface area contributed by atoms with Crippen molar-refractivity contribution in [1.29, 1.82) is 0 Å². The lowest BCUT2D eigenvalue weighted by atomic mass is 10.2. The van der Waals surface area contributed by atoms with E-state index in [1.807, 2.05) is 30.3 Å². The second kappa shape index (κ2) is 9.94. The molecule has 0 bridgehead atoms. The van der Waals surface area contributed by atoms with Gasteiger partial charge in [0.05, 0.1) is 5.56 Å². The van der Waals surface area contributed by atoms with Gasteiger partial charge in [-0.2, -0.15) is 0 Å². The predicted octanol–water partition coefficient (Wildman–Crippen LogP) is 3.49. The topological polar surface area (TPSA) is 87.9 Å². The Bertz CT molecular complexity index is 972. The van der Waals surface area contributed by atoms with Gasteiger partial charge in [-0.15, -0.1) is 0 Å². The molecule has 0 heterocycles. The minimum atomic E-state index is -0.559.